The number of halogens is 7. The van der Waals surface area contributed by atoms with Crippen molar-refractivity contribution in [2.45, 2.75) is 32.5 Å². The van der Waals surface area contributed by atoms with Crippen molar-refractivity contribution in [3.8, 4) is 0 Å². The van der Waals surface area contributed by atoms with Crippen LogP contribution < -0.4 is 5.32 Å². The number of benzene rings is 2. The molecule has 2 rings (SSSR count). The second kappa shape index (κ2) is 10.7. The van der Waals surface area contributed by atoms with Gasteiger partial charge in [-0.15, -0.1) is 0 Å². The van der Waals surface area contributed by atoms with Gasteiger partial charge in [0.15, 0.2) is 11.6 Å². The van der Waals surface area contributed by atoms with E-state index in [1.54, 1.807) is 0 Å². The van der Waals surface area contributed by atoms with Crippen molar-refractivity contribution in [2.24, 2.45) is 0 Å². The highest BCUT2D eigenvalue weighted by atomic mass is 79.9. The summed E-state index contributed by atoms with van der Waals surface area (Å²) in [6.07, 6.45) is -3.38. The molecule has 0 fully saturated rings. The van der Waals surface area contributed by atoms with Gasteiger partial charge < -0.3 is 5.32 Å². The first kappa shape index (κ1) is 25.5. The van der Waals surface area contributed by atoms with Gasteiger partial charge in [0.25, 0.3) is 0 Å². The number of alkyl halides is 3. The summed E-state index contributed by atoms with van der Waals surface area (Å²) in [4.78, 5) is 24.1. The van der Waals surface area contributed by atoms with E-state index < -0.39 is 23.3 Å². The average molecular weight is 586 g/mol. The van der Waals surface area contributed by atoms with Gasteiger partial charge in [0, 0.05) is 23.6 Å². The highest BCUT2D eigenvalue weighted by Crippen LogP contribution is 2.38. The molecule has 0 aliphatic carbocycles. The van der Waals surface area contributed by atoms with Gasteiger partial charge in [-0.25, -0.2) is 4.39 Å². The van der Waals surface area contributed by atoms with Crippen LogP contribution in [0, 0.1) is 5.82 Å². The Morgan fingerprint density at radius 2 is 1.71 bits per heavy atom. The Hall–Kier alpha value is -1.71. The SMILES string of the molecule is CCCC(=O)NCc1ccc(C(=O)C=C(c2cc(Br)c(F)c(Br)c2)C(F)(F)F)cc1Cl. The molecule has 0 atom stereocenters. The molecule has 0 bridgehead atoms. The lowest BCUT2D eigenvalue weighted by Crippen LogP contribution is -2.22. The van der Waals surface area contributed by atoms with Crippen molar-refractivity contribution in [2.75, 3.05) is 0 Å². The van der Waals surface area contributed by atoms with Crippen molar-refractivity contribution in [3.63, 3.8) is 0 Å². The lowest BCUT2D eigenvalue weighted by atomic mass is 10.0. The van der Waals surface area contributed by atoms with Gasteiger partial charge >= 0.3 is 6.18 Å². The summed E-state index contributed by atoms with van der Waals surface area (Å²) in [5, 5.41) is 2.81. The van der Waals surface area contributed by atoms with E-state index in [1.165, 1.54) is 18.2 Å². The fourth-order valence-electron chi connectivity index (χ4n) is 2.61. The average Bonchev–Trinajstić information content (AvgIpc) is 2.68. The number of allylic oxidation sites excluding steroid dienone is 2. The summed E-state index contributed by atoms with van der Waals surface area (Å²) < 4.78 is 54.2. The number of hydrogen-bond donors (Lipinski definition) is 1. The van der Waals surface area contributed by atoms with Gasteiger partial charge in [-0.3, -0.25) is 9.59 Å². The molecule has 0 aromatic heterocycles. The second-order valence-electron chi connectivity index (χ2n) is 6.51. The number of amides is 1. The van der Waals surface area contributed by atoms with Crippen LogP contribution in [0.25, 0.3) is 5.57 Å². The summed E-state index contributed by atoms with van der Waals surface area (Å²) in [5.41, 5.74) is -1.15. The largest absolute Gasteiger partial charge is 0.417 e. The van der Waals surface area contributed by atoms with E-state index >= 15 is 0 Å². The molecule has 0 radical (unpaired) electrons. The first-order valence-electron chi connectivity index (χ1n) is 8.97. The quantitative estimate of drug-likeness (QED) is 0.161. The Balaban J connectivity index is 2.35. The zero-order valence-electron chi connectivity index (χ0n) is 16.0. The third kappa shape index (κ3) is 6.89. The van der Waals surface area contributed by atoms with Crippen LogP contribution in [0.2, 0.25) is 5.02 Å². The molecule has 1 N–H and O–H groups in total. The third-order valence-corrected chi connectivity index (χ3v) is 5.67. The number of nitrogens with one attached hydrogen (secondary N) is 1. The third-order valence-electron chi connectivity index (χ3n) is 4.17. The standard InChI is InChI=1S/C21H16Br2ClF4NO2/c1-2-3-19(31)29-10-12-5-4-11(8-17(12)24)18(30)9-14(21(26,27)28)13-6-15(22)20(25)16(23)7-13/h4-9H,2-3,10H2,1H3,(H,29,31). The number of rotatable bonds is 7. The van der Waals surface area contributed by atoms with Gasteiger partial charge in [-0.1, -0.05) is 30.7 Å². The van der Waals surface area contributed by atoms with Gasteiger partial charge in [-0.2, -0.15) is 13.2 Å². The highest BCUT2D eigenvalue weighted by Gasteiger charge is 2.36. The molecule has 2 aromatic carbocycles. The predicted octanol–water partition coefficient (Wildman–Crippen LogP) is 7.25. The molecule has 0 saturated heterocycles. The number of carbonyl (C=O) groups is 2. The van der Waals surface area contributed by atoms with E-state index in [1.807, 2.05) is 6.92 Å². The van der Waals surface area contributed by atoms with E-state index in [0.29, 0.717) is 24.5 Å². The number of hydrogen-bond acceptors (Lipinski definition) is 2. The summed E-state index contributed by atoms with van der Waals surface area (Å²) in [5.74, 6) is -1.84. The molecule has 0 saturated carbocycles. The second-order valence-corrected chi connectivity index (χ2v) is 8.62. The molecule has 0 unspecified atom stereocenters. The molecule has 31 heavy (non-hydrogen) atoms. The highest BCUT2D eigenvalue weighted by molar-refractivity contribution is 9.11. The zero-order chi connectivity index (χ0) is 23.3. The maximum Gasteiger partial charge on any atom is 0.417 e. The Labute approximate surface area is 198 Å². The minimum absolute atomic E-state index is 0.0596. The summed E-state index contributed by atoms with van der Waals surface area (Å²) in [6, 6.07) is 5.93. The Kier molecular flexibility index (Phi) is 8.85. The first-order valence-corrected chi connectivity index (χ1v) is 10.9. The molecule has 0 aliphatic rings. The minimum Gasteiger partial charge on any atom is -0.352 e. The Morgan fingerprint density at radius 3 is 2.23 bits per heavy atom. The molecular formula is C21H16Br2ClF4NO2. The van der Waals surface area contributed by atoms with Crippen LogP contribution in [0.4, 0.5) is 17.6 Å². The van der Waals surface area contributed by atoms with Gasteiger partial charge in [0.1, 0.15) is 0 Å². The molecule has 166 valence electrons. The smallest absolute Gasteiger partial charge is 0.352 e. The van der Waals surface area contributed by atoms with Crippen molar-refractivity contribution in [1.29, 1.82) is 0 Å². The molecule has 3 nitrogen and oxygen atoms in total. The molecule has 0 aliphatic heterocycles. The fourth-order valence-corrected chi connectivity index (χ4v) is 4.04. The van der Waals surface area contributed by atoms with Crippen LogP contribution >= 0.6 is 43.5 Å². The van der Waals surface area contributed by atoms with Crippen LogP contribution in [-0.2, 0) is 11.3 Å². The van der Waals surface area contributed by atoms with E-state index in [9.17, 15) is 27.2 Å². The Morgan fingerprint density at radius 1 is 1.10 bits per heavy atom. The molecule has 1 amide bonds. The number of ketones is 1. The Bertz CT molecular complexity index is 1020. The molecule has 2 aromatic rings. The summed E-state index contributed by atoms with van der Waals surface area (Å²) in [6.45, 7) is 1.99. The van der Waals surface area contributed by atoms with Crippen molar-refractivity contribution in [1.82, 2.24) is 5.32 Å². The van der Waals surface area contributed by atoms with Gasteiger partial charge in [0.05, 0.1) is 14.5 Å². The van der Waals surface area contributed by atoms with E-state index in [2.05, 4.69) is 37.2 Å². The van der Waals surface area contributed by atoms with Crippen molar-refractivity contribution >= 4 is 60.7 Å². The number of carbonyl (C=O) groups excluding carboxylic acids is 2. The van der Waals surface area contributed by atoms with Crippen LogP contribution in [0.15, 0.2) is 45.4 Å². The van der Waals surface area contributed by atoms with Crippen LogP contribution in [0.3, 0.4) is 0 Å². The van der Waals surface area contributed by atoms with Crippen LogP contribution in [0.5, 0.6) is 0 Å². The van der Waals surface area contributed by atoms with Gasteiger partial charge in [-0.05, 0) is 73.7 Å². The maximum atomic E-state index is 13.7. The van der Waals surface area contributed by atoms with E-state index in [4.69, 9.17) is 11.6 Å². The molecule has 10 heteroatoms. The summed E-state index contributed by atoms with van der Waals surface area (Å²) >= 11 is 11.9. The lowest BCUT2D eigenvalue weighted by Gasteiger charge is -2.14. The fraction of sp³-hybridized carbons (Fsp3) is 0.238. The predicted molar refractivity (Wildman–Crippen MR) is 118 cm³/mol. The molecule has 0 spiro atoms. The van der Waals surface area contributed by atoms with Crippen LogP contribution in [0.1, 0.15) is 41.3 Å². The van der Waals surface area contributed by atoms with Crippen molar-refractivity contribution in [3.05, 3.63) is 72.9 Å². The minimum atomic E-state index is -4.86. The van der Waals surface area contributed by atoms with Crippen molar-refractivity contribution < 1.29 is 27.2 Å². The normalized spacial score (nSPS) is 12.1. The first-order chi connectivity index (χ1) is 14.4. The topological polar surface area (TPSA) is 46.2 Å². The monoisotopic (exact) mass is 583 g/mol. The molecule has 0 heterocycles. The van der Waals surface area contributed by atoms with Crippen LogP contribution in [-0.4, -0.2) is 17.9 Å². The molecular weight excluding hydrogens is 569 g/mol. The van der Waals surface area contributed by atoms with E-state index in [-0.39, 0.29) is 37.5 Å². The zero-order valence-corrected chi connectivity index (χ0v) is 20.0. The lowest BCUT2D eigenvalue weighted by molar-refractivity contribution is -0.121. The van der Waals surface area contributed by atoms with Gasteiger partial charge in [0.2, 0.25) is 5.91 Å². The van der Waals surface area contributed by atoms with E-state index in [0.717, 1.165) is 12.1 Å². The summed E-state index contributed by atoms with van der Waals surface area (Å²) in [7, 11) is 0. The maximum absolute atomic E-state index is 13.7.